The number of alkyl halides is 3. The van der Waals surface area contributed by atoms with Crippen molar-refractivity contribution < 1.29 is 42.0 Å². The number of carbonyl (C=O) groups excluding carboxylic acids is 3. The van der Waals surface area contributed by atoms with E-state index in [1.807, 2.05) is 0 Å². The first-order chi connectivity index (χ1) is 16.0. The Bertz CT molecular complexity index is 1040. The normalized spacial score (nSPS) is 12.9. The molecule has 0 bridgehead atoms. The van der Waals surface area contributed by atoms with E-state index in [-0.39, 0.29) is 24.1 Å². The Morgan fingerprint density at radius 3 is 2.06 bits per heavy atom. The number of rotatable bonds is 9. The Labute approximate surface area is 192 Å². The molecule has 0 unspecified atom stereocenters. The van der Waals surface area contributed by atoms with Gasteiger partial charge in [-0.3, -0.25) is 19.7 Å². The number of methoxy groups -OCH3 is 2. The first-order valence-corrected chi connectivity index (χ1v) is 9.80. The minimum Gasteiger partial charge on any atom is -0.469 e. The van der Waals surface area contributed by atoms with Crippen LogP contribution in [0.25, 0.3) is 0 Å². The minimum absolute atomic E-state index is 0.221. The van der Waals surface area contributed by atoms with Crippen LogP contribution in [0.15, 0.2) is 48.5 Å². The molecule has 0 spiro atoms. The molecule has 0 radical (unpaired) electrons. The Kier molecular flexibility index (Phi) is 8.70. The molecule has 0 aliphatic rings. The Morgan fingerprint density at radius 1 is 1.00 bits per heavy atom. The maximum atomic E-state index is 12.7. The number of benzene rings is 2. The molecule has 2 rings (SSSR count). The molecule has 34 heavy (non-hydrogen) atoms. The fraction of sp³-hybridized carbons (Fsp3) is 0.318. The Hall–Kier alpha value is -3.96. The number of hydrogen-bond donors (Lipinski definition) is 1. The molecule has 2 aromatic carbocycles. The highest BCUT2D eigenvalue weighted by Gasteiger charge is 2.34. The van der Waals surface area contributed by atoms with Crippen LogP contribution in [0.5, 0.6) is 0 Å². The number of non-ortho nitro benzene ring substituents is 1. The van der Waals surface area contributed by atoms with Crippen molar-refractivity contribution in [3.8, 4) is 0 Å². The maximum absolute atomic E-state index is 12.7. The minimum atomic E-state index is -4.53. The summed E-state index contributed by atoms with van der Waals surface area (Å²) in [6.07, 6.45) is -5.24. The molecule has 0 aliphatic carbocycles. The molecule has 0 aromatic heterocycles. The predicted molar refractivity (Wildman–Crippen MR) is 112 cm³/mol. The third-order valence-corrected chi connectivity index (χ3v) is 4.97. The first kappa shape index (κ1) is 26.3. The van der Waals surface area contributed by atoms with Crippen LogP contribution < -0.4 is 5.32 Å². The largest absolute Gasteiger partial charge is 0.469 e. The monoisotopic (exact) mass is 482 g/mol. The third-order valence-electron chi connectivity index (χ3n) is 4.97. The maximum Gasteiger partial charge on any atom is 0.416 e. The van der Waals surface area contributed by atoms with Crippen LogP contribution in [0.3, 0.4) is 0 Å². The van der Waals surface area contributed by atoms with Gasteiger partial charge in [0.15, 0.2) is 0 Å². The smallest absolute Gasteiger partial charge is 0.416 e. The number of esters is 2. The molecular weight excluding hydrogens is 461 g/mol. The van der Waals surface area contributed by atoms with Crippen molar-refractivity contribution >= 4 is 23.5 Å². The van der Waals surface area contributed by atoms with Crippen LogP contribution in [0.1, 0.15) is 29.0 Å². The predicted octanol–water partition coefficient (Wildman–Crippen LogP) is 3.16. The van der Waals surface area contributed by atoms with Gasteiger partial charge in [-0.05, 0) is 23.3 Å². The Balaban J connectivity index is 2.29. The number of carbonyl (C=O) groups is 3. The van der Waals surface area contributed by atoms with E-state index in [9.17, 15) is 37.7 Å². The second-order valence-corrected chi connectivity index (χ2v) is 7.18. The van der Waals surface area contributed by atoms with Gasteiger partial charge in [0.05, 0.1) is 37.5 Å². The number of hydrogen-bond acceptors (Lipinski definition) is 7. The van der Waals surface area contributed by atoms with Crippen LogP contribution in [0, 0.1) is 10.1 Å². The highest BCUT2D eigenvalue weighted by molar-refractivity contribution is 5.87. The lowest BCUT2D eigenvalue weighted by Gasteiger charge is -2.26. The average Bonchev–Trinajstić information content (AvgIpc) is 2.80. The quantitative estimate of drug-likeness (QED) is 0.331. The van der Waals surface area contributed by atoms with Crippen LogP contribution in [0.4, 0.5) is 18.9 Å². The highest BCUT2D eigenvalue weighted by atomic mass is 19.4. The first-order valence-electron chi connectivity index (χ1n) is 9.80. The summed E-state index contributed by atoms with van der Waals surface area (Å²) in [5, 5.41) is 13.4. The fourth-order valence-corrected chi connectivity index (χ4v) is 3.21. The third kappa shape index (κ3) is 7.02. The van der Waals surface area contributed by atoms with Crippen molar-refractivity contribution in [1.82, 2.24) is 5.32 Å². The zero-order chi connectivity index (χ0) is 25.5. The molecule has 2 aromatic rings. The van der Waals surface area contributed by atoms with Gasteiger partial charge < -0.3 is 14.8 Å². The van der Waals surface area contributed by atoms with Crippen LogP contribution in [-0.2, 0) is 36.5 Å². The van der Waals surface area contributed by atoms with Gasteiger partial charge >= 0.3 is 18.1 Å². The lowest BCUT2D eigenvalue weighted by Crippen LogP contribution is -2.46. The van der Waals surface area contributed by atoms with E-state index in [4.69, 9.17) is 4.74 Å². The standard InChI is InChI=1S/C22H21F3N2O7/c1-33-19(29)12-17(14-5-9-16(10-6-14)27(31)32)20(21(30)34-2)26-18(28)11-13-3-7-15(8-4-13)22(23,24)25/h3-10,17,20H,11-12H2,1-2H3,(H,26,28)/t17-,20-/m1/s1. The number of nitro groups is 1. The van der Waals surface area contributed by atoms with E-state index in [2.05, 4.69) is 10.1 Å². The van der Waals surface area contributed by atoms with Crippen molar-refractivity contribution in [1.29, 1.82) is 0 Å². The average molecular weight is 482 g/mol. The van der Waals surface area contributed by atoms with Crippen molar-refractivity contribution in [3.63, 3.8) is 0 Å². The molecule has 12 heteroatoms. The lowest BCUT2D eigenvalue weighted by atomic mass is 9.88. The van der Waals surface area contributed by atoms with Gasteiger partial charge in [0.1, 0.15) is 6.04 Å². The molecule has 1 amide bonds. The molecular formula is C22H21F3N2O7. The van der Waals surface area contributed by atoms with E-state index in [0.29, 0.717) is 5.56 Å². The van der Waals surface area contributed by atoms with Gasteiger partial charge in [0, 0.05) is 18.1 Å². The number of amides is 1. The van der Waals surface area contributed by atoms with E-state index >= 15 is 0 Å². The van der Waals surface area contributed by atoms with Crippen LogP contribution >= 0.6 is 0 Å². The summed E-state index contributed by atoms with van der Waals surface area (Å²) in [7, 11) is 2.20. The molecule has 1 N–H and O–H groups in total. The van der Waals surface area contributed by atoms with E-state index < -0.39 is 46.5 Å². The zero-order valence-electron chi connectivity index (χ0n) is 18.1. The van der Waals surface area contributed by atoms with E-state index in [1.54, 1.807) is 0 Å². The van der Waals surface area contributed by atoms with Crippen LogP contribution in [-0.4, -0.2) is 43.0 Å². The summed E-state index contributed by atoms with van der Waals surface area (Å²) in [6, 6.07) is 7.58. The van der Waals surface area contributed by atoms with Gasteiger partial charge in [0.25, 0.3) is 5.69 Å². The van der Waals surface area contributed by atoms with Crippen LogP contribution in [0.2, 0.25) is 0 Å². The molecule has 9 nitrogen and oxygen atoms in total. The number of nitrogens with one attached hydrogen (secondary N) is 1. The molecule has 0 heterocycles. The topological polar surface area (TPSA) is 125 Å². The van der Waals surface area contributed by atoms with Crippen molar-refractivity contribution in [3.05, 3.63) is 75.3 Å². The SMILES string of the molecule is COC(=O)C[C@H](c1ccc([N+](=O)[O-])cc1)[C@@H](NC(=O)Cc1ccc(C(F)(F)F)cc1)C(=O)OC. The van der Waals surface area contributed by atoms with Gasteiger partial charge in [0.2, 0.25) is 5.91 Å². The van der Waals surface area contributed by atoms with Gasteiger partial charge in [-0.25, -0.2) is 4.79 Å². The summed E-state index contributed by atoms with van der Waals surface area (Å²) >= 11 is 0. The van der Waals surface area contributed by atoms with Crippen molar-refractivity contribution in [2.45, 2.75) is 31.0 Å². The second kappa shape index (κ2) is 11.3. The summed E-state index contributed by atoms with van der Waals surface area (Å²) in [6.45, 7) is 0. The molecule has 2 atom stereocenters. The van der Waals surface area contributed by atoms with Crippen molar-refractivity contribution in [2.75, 3.05) is 14.2 Å². The summed E-state index contributed by atoms with van der Waals surface area (Å²) in [5.41, 5.74) is -0.517. The fourth-order valence-electron chi connectivity index (χ4n) is 3.21. The van der Waals surface area contributed by atoms with E-state index in [0.717, 1.165) is 38.5 Å². The molecule has 0 aliphatic heterocycles. The summed E-state index contributed by atoms with van der Waals surface area (Å²) in [5.74, 6) is -3.33. The summed E-state index contributed by atoms with van der Waals surface area (Å²) < 4.78 is 47.6. The molecule has 0 saturated carbocycles. The number of ether oxygens (including phenoxy) is 2. The molecule has 0 fully saturated rings. The lowest BCUT2D eigenvalue weighted by molar-refractivity contribution is -0.384. The molecule has 182 valence electrons. The second-order valence-electron chi connectivity index (χ2n) is 7.18. The summed E-state index contributed by atoms with van der Waals surface area (Å²) in [4.78, 5) is 47.4. The number of nitrogens with zero attached hydrogens (tertiary/aromatic N) is 1. The Morgan fingerprint density at radius 2 is 1.59 bits per heavy atom. The van der Waals surface area contributed by atoms with Gasteiger partial charge in [-0.15, -0.1) is 0 Å². The number of halogens is 3. The number of nitro benzene ring substituents is 1. The van der Waals surface area contributed by atoms with Gasteiger partial charge in [-0.2, -0.15) is 13.2 Å². The van der Waals surface area contributed by atoms with Gasteiger partial charge in [-0.1, -0.05) is 24.3 Å². The zero-order valence-corrected chi connectivity index (χ0v) is 18.1. The molecule has 0 saturated heterocycles. The highest BCUT2D eigenvalue weighted by Crippen LogP contribution is 2.30. The van der Waals surface area contributed by atoms with Crippen molar-refractivity contribution in [2.24, 2.45) is 0 Å². The van der Waals surface area contributed by atoms with E-state index in [1.165, 1.54) is 24.3 Å².